The van der Waals surface area contributed by atoms with Gasteiger partial charge in [0, 0.05) is 0 Å². The number of oxazole rings is 1. The fourth-order valence-electron chi connectivity index (χ4n) is 1.51. The SMILES string of the molecule is Cc1ccc(F)c(-c2nc(C(=O)O)c(C)o2)c1. The van der Waals surface area contributed by atoms with Crippen molar-refractivity contribution < 1.29 is 18.7 Å². The Morgan fingerprint density at radius 2 is 2.12 bits per heavy atom. The van der Waals surface area contributed by atoms with Gasteiger partial charge in [-0.3, -0.25) is 0 Å². The zero-order chi connectivity index (χ0) is 12.6. The lowest BCUT2D eigenvalue weighted by Crippen LogP contribution is -1.98. The highest BCUT2D eigenvalue weighted by Gasteiger charge is 2.19. The first kappa shape index (κ1) is 11.3. The van der Waals surface area contributed by atoms with Gasteiger partial charge in [0.05, 0.1) is 5.56 Å². The van der Waals surface area contributed by atoms with E-state index in [4.69, 9.17) is 9.52 Å². The van der Waals surface area contributed by atoms with E-state index < -0.39 is 11.8 Å². The molecule has 0 aliphatic heterocycles. The Labute approximate surface area is 96.7 Å². The quantitative estimate of drug-likeness (QED) is 0.869. The van der Waals surface area contributed by atoms with Crippen molar-refractivity contribution in [1.29, 1.82) is 0 Å². The standard InChI is InChI=1S/C12H10FNO3/c1-6-3-4-9(13)8(5-6)11-14-10(12(15)16)7(2)17-11/h3-5H,1-2H3,(H,15,16). The van der Waals surface area contributed by atoms with Gasteiger partial charge in [0.15, 0.2) is 5.69 Å². The molecule has 0 spiro atoms. The van der Waals surface area contributed by atoms with Crippen LogP contribution in [-0.4, -0.2) is 16.1 Å². The normalized spacial score (nSPS) is 10.5. The van der Waals surface area contributed by atoms with Gasteiger partial charge in [-0.25, -0.2) is 14.2 Å². The molecule has 1 aromatic heterocycles. The summed E-state index contributed by atoms with van der Waals surface area (Å²) in [6.45, 7) is 3.28. The predicted molar refractivity (Wildman–Crippen MR) is 58.3 cm³/mol. The molecule has 1 aromatic carbocycles. The summed E-state index contributed by atoms with van der Waals surface area (Å²) >= 11 is 0. The van der Waals surface area contributed by atoms with Gasteiger partial charge in [-0.05, 0) is 26.0 Å². The molecule has 0 saturated heterocycles. The van der Waals surface area contributed by atoms with E-state index in [2.05, 4.69) is 4.98 Å². The summed E-state index contributed by atoms with van der Waals surface area (Å²) in [5.74, 6) is -1.53. The third kappa shape index (κ3) is 2.04. The smallest absolute Gasteiger partial charge is 0.358 e. The number of rotatable bonds is 2. The van der Waals surface area contributed by atoms with Gasteiger partial charge in [0.25, 0.3) is 0 Å². The van der Waals surface area contributed by atoms with E-state index >= 15 is 0 Å². The molecule has 4 nitrogen and oxygen atoms in total. The second-order valence-corrected chi connectivity index (χ2v) is 3.71. The van der Waals surface area contributed by atoms with Crippen LogP contribution in [0.25, 0.3) is 11.5 Å². The van der Waals surface area contributed by atoms with Gasteiger partial charge >= 0.3 is 5.97 Å². The van der Waals surface area contributed by atoms with Crippen LogP contribution in [0.5, 0.6) is 0 Å². The molecule has 0 radical (unpaired) electrons. The molecule has 0 atom stereocenters. The van der Waals surface area contributed by atoms with E-state index in [0.717, 1.165) is 5.56 Å². The van der Waals surface area contributed by atoms with Crippen LogP contribution < -0.4 is 0 Å². The molecule has 5 heteroatoms. The van der Waals surface area contributed by atoms with Gasteiger partial charge < -0.3 is 9.52 Å². The second kappa shape index (κ2) is 4.01. The number of nitrogens with zero attached hydrogens (tertiary/aromatic N) is 1. The van der Waals surface area contributed by atoms with E-state index in [9.17, 15) is 9.18 Å². The van der Waals surface area contributed by atoms with Crippen LogP contribution in [0.3, 0.4) is 0 Å². The number of hydrogen-bond donors (Lipinski definition) is 1. The number of aromatic nitrogens is 1. The summed E-state index contributed by atoms with van der Waals surface area (Å²) in [5.41, 5.74) is 0.815. The summed E-state index contributed by atoms with van der Waals surface area (Å²) in [5, 5.41) is 8.83. The van der Waals surface area contributed by atoms with E-state index in [1.54, 1.807) is 19.1 Å². The van der Waals surface area contributed by atoms with Gasteiger partial charge in [-0.1, -0.05) is 11.6 Å². The number of carboxylic acid groups (broad SMARTS) is 1. The van der Waals surface area contributed by atoms with Crippen molar-refractivity contribution in [3.8, 4) is 11.5 Å². The van der Waals surface area contributed by atoms with Crippen molar-refractivity contribution in [3.05, 3.63) is 41.0 Å². The molecule has 1 heterocycles. The van der Waals surface area contributed by atoms with Crippen LogP contribution in [0.4, 0.5) is 4.39 Å². The molecule has 0 bridgehead atoms. The van der Waals surface area contributed by atoms with Crippen LogP contribution in [0.2, 0.25) is 0 Å². The van der Waals surface area contributed by atoms with E-state index in [1.165, 1.54) is 13.0 Å². The highest BCUT2D eigenvalue weighted by molar-refractivity contribution is 5.87. The third-order valence-electron chi connectivity index (χ3n) is 2.35. The summed E-state index contributed by atoms with van der Waals surface area (Å²) in [4.78, 5) is 14.6. The minimum Gasteiger partial charge on any atom is -0.476 e. The van der Waals surface area contributed by atoms with E-state index in [0.29, 0.717) is 0 Å². The average Bonchev–Trinajstić information content (AvgIpc) is 2.64. The molecule has 2 aromatic rings. The van der Waals surface area contributed by atoms with Gasteiger partial charge in [0.1, 0.15) is 11.6 Å². The number of carbonyl (C=O) groups is 1. The molecular weight excluding hydrogens is 225 g/mol. The molecule has 0 unspecified atom stereocenters. The molecular formula is C12H10FNO3. The van der Waals surface area contributed by atoms with Crippen molar-refractivity contribution in [2.24, 2.45) is 0 Å². The van der Waals surface area contributed by atoms with E-state index in [-0.39, 0.29) is 22.9 Å². The minimum absolute atomic E-state index is 0.0129. The first-order chi connectivity index (χ1) is 7.99. The summed E-state index contributed by atoms with van der Waals surface area (Å²) in [6, 6.07) is 4.48. The lowest BCUT2D eigenvalue weighted by molar-refractivity contribution is 0.0689. The molecule has 0 amide bonds. The number of hydrogen-bond acceptors (Lipinski definition) is 3. The molecule has 0 aliphatic rings. The highest BCUT2D eigenvalue weighted by atomic mass is 19.1. The Bertz CT molecular complexity index is 589. The zero-order valence-corrected chi connectivity index (χ0v) is 9.32. The minimum atomic E-state index is -1.19. The number of carboxylic acids is 1. The maximum Gasteiger partial charge on any atom is 0.358 e. The number of aromatic carboxylic acids is 1. The molecule has 2 rings (SSSR count). The first-order valence-corrected chi connectivity index (χ1v) is 4.96. The molecule has 0 aliphatic carbocycles. The van der Waals surface area contributed by atoms with Crippen LogP contribution in [0.1, 0.15) is 21.8 Å². The van der Waals surface area contributed by atoms with Crippen LogP contribution in [0, 0.1) is 19.7 Å². The Balaban J connectivity index is 2.57. The molecule has 0 saturated carbocycles. The van der Waals surface area contributed by atoms with Crippen molar-refractivity contribution in [1.82, 2.24) is 4.98 Å². The highest BCUT2D eigenvalue weighted by Crippen LogP contribution is 2.25. The second-order valence-electron chi connectivity index (χ2n) is 3.71. The van der Waals surface area contributed by atoms with Crippen molar-refractivity contribution >= 4 is 5.97 Å². The fraction of sp³-hybridized carbons (Fsp3) is 0.167. The van der Waals surface area contributed by atoms with Crippen molar-refractivity contribution in [2.75, 3.05) is 0 Å². The monoisotopic (exact) mass is 235 g/mol. The predicted octanol–water partition coefficient (Wildman–Crippen LogP) is 2.80. The Morgan fingerprint density at radius 1 is 1.41 bits per heavy atom. The van der Waals surface area contributed by atoms with Gasteiger partial charge in [-0.15, -0.1) is 0 Å². The average molecular weight is 235 g/mol. The van der Waals surface area contributed by atoms with Crippen molar-refractivity contribution in [2.45, 2.75) is 13.8 Å². The lowest BCUT2D eigenvalue weighted by atomic mass is 10.1. The van der Waals surface area contributed by atoms with Gasteiger partial charge in [0.2, 0.25) is 5.89 Å². The van der Waals surface area contributed by atoms with Gasteiger partial charge in [-0.2, -0.15) is 0 Å². The molecule has 0 fully saturated rings. The lowest BCUT2D eigenvalue weighted by Gasteiger charge is -1.99. The topological polar surface area (TPSA) is 63.3 Å². The maximum atomic E-state index is 13.5. The largest absolute Gasteiger partial charge is 0.476 e. The number of aryl methyl sites for hydroxylation is 2. The first-order valence-electron chi connectivity index (χ1n) is 4.96. The van der Waals surface area contributed by atoms with E-state index in [1.807, 2.05) is 0 Å². The van der Waals surface area contributed by atoms with Crippen LogP contribution in [0.15, 0.2) is 22.6 Å². The molecule has 88 valence electrons. The maximum absolute atomic E-state index is 13.5. The van der Waals surface area contributed by atoms with Crippen LogP contribution >= 0.6 is 0 Å². The summed E-state index contributed by atoms with van der Waals surface area (Å²) in [6.07, 6.45) is 0. The number of benzene rings is 1. The Hall–Kier alpha value is -2.17. The third-order valence-corrected chi connectivity index (χ3v) is 2.35. The molecule has 1 N–H and O–H groups in total. The number of halogens is 1. The Kier molecular flexibility index (Phi) is 2.67. The molecule has 17 heavy (non-hydrogen) atoms. The zero-order valence-electron chi connectivity index (χ0n) is 9.32. The fourth-order valence-corrected chi connectivity index (χ4v) is 1.51. The van der Waals surface area contributed by atoms with Crippen molar-refractivity contribution in [3.63, 3.8) is 0 Å². The Morgan fingerprint density at radius 3 is 2.71 bits per heavy atom. The summed E-state index contributed by atoms with van der Waals surface area (Å²) < 4.78 is 18.7. The summed E-state index contributed by atoms with van der Waals surface area (Å²) in [7, 11) is 0. The van der Waals surface area contributed by atoms with Crippen LogP contribution in [-0.2, 0) is 0 Å².